The van der Waals surface area contributed by atoms with Crippen molar-refractivity contribution in [3.8, 4) is 0 Å². The molecule has 3 N–H and O–H groups in total. The van der Waals surface area contributed by atoms with E-state index in [1.165, 1.54) is 6.92 Å². The predicted octanol–water partition coefficient (Wildman–Crippen LogP) is 0.564. The normalized spacial score (nSPS) is 21.6. The summed E-state index contributed by atoms with van der Waals surface area (Å²) in [7, 11) is -4.13. The van der Waals surface area contributed by atoms with Gasteiger partial charge in [-0.25, -0.2) is 13.1 Å². The van der Waals surface area contributed by atoms with Gasteiger partial charge in [0.1, 0.15) is 4.33 Å². The van der Waals surface area contributed by atoms with E-state index in [2.05, 4.69) is 9.68 Å². The minimum atomic E-state index is -4.13. The molecule has 0 bridgehead atoms. The molecule has 1 aromatic heterocycles. The number of nitrogen functional groups attached to an aromatic ring is 1. The summed E-state index contributed by atoms with van der Waals surface area (Å²) < 4.78 is 29.0. The average molecular weight is 314 g/mol. The van der Waals surface area contributed by atoms with Crippen LogP contribution in [0.2, 0.25) is 0 Å². The third-order valence-electron chi connectivity index (χ3n) is 2.48. The smallest absolute Gasteiger partial charge is 0.271 e. The number of halogens is 2. The fraction of sp³-hybridized carbons (Fsp3) is 0.500. The van der Waals surface area contributed by atoms with E-state index in [-0.39, 0.29) is 22.9 Å². The van der Waals surface area contributed by atoms with E-state index >= 15 is 0 Å². The highest BCUT2D eigenvalue weighted by molar-refractivity contribution is 7.90. The number of nitrogens with one attached hydrogen (secondary N) is 1. The van der Waals surface area contributed by atoms with Gasteiger partial charge in [0.15, 0.2) is 16.5 Å². The molecular formula is C8H9Cl2N3O4S. The molecule has 18 heavy (non-hydrogen) atoms. The molecule has 1 amide bonds. The predicted molar refractivity (Wildman–Crippen MR) is 63.5 cm³/mol. The number of aromatic nitrogens is 1. The molecule has 1 aliphatic carbocycles. The Kier molecular flexibility index (Phi) is 2.99. The number of amides is 1. The van der Waals surface area contributed by atoms with Crippen molar-refractivity contribution in [1.29, 1.82) is 0 Å². The Balaban J connectivity index is 2.21. The molecule has 100 valence electrons. The van der Waals surface area contributed by atoms with Crippen LogP contribution in [0.5, 0.6) is 0 Å². The van der Waals surface area contributed by atoms with Crippen LogP contribution in [-0.4, -0.2) is 23.8 Å². The van der Waals surface area contributed by atoms with Crippen LogP contribution < -0.4 is 10.5 Å². The summed E-state index contributed by atoms with van der Waals surface area (Å²) >= 11 is 11.3. The van der Waals surface area contributed by atoms with Gasteiger partial charge in [0, 0.05) is 0 Å². The molecule has 2 rings (SSSR count). The largest absolute Gasteiger partial charge is 0.380 e. The van der Waals surface area contributed by atoms with E-state index < -0.39 is 26.2 Å². The number of anilines is 1. The number of alkyl halides is 2. The second-order valence-corrected chi connectivity index (χ2v) is 7.10. The van der Waals surface area contributed by atoms with Crippen LogP contribution in [0.15, 0.2) is 9.42 Å². The fourth-order valence-electron chi connectivity index (χ4n) is 1.46. The van der Waals surface area contributed by atoms with Crippen LogP contribution in [0.25, 0.3) is 0 Å². The first-order valence-electron chi connectivity index (χ1n) is 4.81. The lowest BCUT2D eigenvalue weighted by atomic mass is 10.4. The van der Waals surface area contributed by atoms with E-state index in [0.29, 0.717) is 0 Å². The van der Waals surface area contributed by atoms with Gasteiger partial charge in [0.25, 0.3) is 10.0 Å². The summed E-state index contributed by atoms with van der Waals surface area (Å²) in [6.07, 6.45) is 0.204. The third kappa shape index (κ3) is 2.27. The minimum absolute atomic E-state index is 0.00777. The van der Waals surface area contributed by atoms with Crippen LogP contribution in [0, 0.1) is 12.8 Å². The lowest BCUT2D eigenvalue weighted by molar-refractivity contribution is -0.120. The lowest BCUT2D eigenvalue weighted by Gasteiger charge is -2.05. The van der Waals surface area contributed by atoms with Gasteiger partial charge in [-0.15, -0.1) is 23.2 Å². The van der Waals surface area contributed by atoms with Crippen LogP contribution in [0.1, 0.15) is 12.2 Å². The molecule has 0 saturated heterocycles. The van der Waals surface area contributed by atoms with Gasteiger partial charge < -0.3 is 10.3 Å². The zero-order valence-electron chi connectivity index (χ0n) is 9.11. The van der Waals surface area contributed by atoms with Crippen molar-refractivity contribution in [2.24, 2.45) is 5.92 Å². The molecule has 0 radical (unpaired) electrons. The van der Waals surface area contributed by atoms with E-state index in [4.69, 9.17) is 28.9 Å². The molecule has 1 unspecified atom stereocenters. The van der Waals surface area contributed by atoms with E-state index in [0.717, 1.165) is 0 Å². The number of sulfonamides is 1. The molecule has 1 fully saturated rings. The first-order valence-corrected chi connectivity index (χ1v) is 7.05. The van der Waals surface area contributed by atoms with Crippen molar-refractivity contribution in [2.45, 2.75) is 22.6 Å². The second-order valence-electron chi connectivity index (χ2n) is 3.94. The van der Waals surface area contributed by atoms with Crippen LogP contribution in [-0.2, 0) is 14.8 Å². The van der Waals surface area contributed by atoms with Gasteiger partial charge in [-0.1, -0.05) is 5.16 Å². The van der Waals surface area contributed by atoms with E-state index in [1.54, 1.807) is 0 Å². The molecule has 1 saturated carbocycles. The number of aryl methyl sites for hydroxylation is 1. The molecule has 7 nitrogen and oxygen atoms in total. The molecule has 1 heterocycles. The van der Waals surface area contributed by atoms with Gasteiger partial charge in [-0.3, -0.25) is 4.79 Å². The summed E-state index contributed by atoms with van der Waals surface area (Å²) in [4.78, 5) is 11.2. The quantitative estimate of drug-likeness (QED) is 0.788. The zero-order chi connectivity index (χ0) is 13.7. The maximum Gasteiger partial charge on any atom is 0.271 e. The number of rotatable bonds is 3. The van der Waals surface area contributed by atoms with E-state index in [9.17, 15) is 13.2 Å². The Morgan fingerprint density at radius 3 is 2.56 bits per heavy atom. The zero-order valence-corrected chi connectivity index (χ0v) is 11.4. The number of carbonyl (C=O) groups excluding carboxylic acids is 1. The maximum atomic E-state index is 11.9. The molecule has 0 spiro atoms. The fourth-order valence-corrected chi connectivity index (χ4v) is 3.20. The first-order chi connectivity index (χ1) is 8.15. The molecule has 1 atom stereocenters. The Labute approximate surface area is 113 Å². The number of hydrogen-bond acceptors (Lipinski definition) is 6. The minimum Gasteiger partial charge on any atom is -0.380 e. The second kappa shape index (κ2) is 4.01. The molecule has 1 aliphatic rings. The standard InChI is InChI=1S/C8H9Cl2N3O4S/c1-3-5(6(11)12-17-3)18(15,16)13-7(14)4-2-8(4,9)10/h4H,2H2,1H3,(H2,11,12)(H,13,14). The van der Waals surface area contributed by atoms with Gasteiger partial charge >= 0.3 is 0 Å². The highest BCUT2D eigenvalue weighted by Crippen LogP contribution is 2.53. The van der Waals surface area contributed by atoms with Crippen molar-refractivity contribution < 1.29 is 17.7 Å². The van der Waals surface area contributed by atoms with Crippen molar-refractivity contribution in [3.05, 3.63) is 5.76 Å². The number of carbonyl (C=O) groups is 1. The monoisotopic (exact) mass is 313 g/mol. The Morgan fingerprint density at radius 2 is 2.17 bits per heavy atom. The van der Waals surface area contributed by atoms with Crippen LogP contribution in [0.3, 0.4) is 0 Å². The average Bonchev–Trinajstić information content (AvgIpc) is 2.70. The SMILES string of the molecule is Cc1onc(N)c1S(=O)(=O)NC(=O)C1CC1(Cl)Cl. The van der Waals surface area contributed by atoms with Crippen LogP contribution in [0.4, 0.5) is 5.82 Å². The highest BCUT2D eigenvalue weighted by atomic mass is 35.5. The Hall–Kier alpha value is -0.990. The summed E-state index contributed by atoms with van der Waals surface area (Å²) in [5, 5.41) is 3.30. The molecular weight excluding hydrogens is 305 g/mol. The Morgan fingerprint density at radius 1 is 1.61 bits per heavy atom. The van der Waals surface area contributed by atoms with Crippen molar-refractivity contribution in [2.75, 3.05) is 5.73 Å². The highest BCUT2D eigenvalue weighted by Gasteiger charge is 2.57. The number of hydrogen-bond donors (Lipinski definition) is 2. The summed E-state index contributed by atoms with van der Waals surface area (Å²) in [6, 6.07) is 0. The topological polar surface area (TPSA) is 115 Å². The summed E-state index contributed by atoms with van der Waals surface area (Å²) in [5.74, 6) is -1.85. The molecule has 0 aromatic carbocycles. The van der Waals surface area contributed by atoms with Gasteiger partial charge in [-0.2, -0.15) is 0 Å². The van der Waals surface area contributed by atoms with Crippen LogP contribution >= 0.6 is 23.2 Å². The summed E-state index contributed by atoms with van der Waals surface area (Å²) in [6.45, 7) is 1.37. The Bertz CT molecular complexity index is 590. The van der Waals surface area contributed by atoms with E-state index in [1.807, 2.05) is 4.72 Å². The van der Waals surface area contributed by atoms with Crippen molar-refractivity contribution >= 4 is 45.0 Å². The third-order valence-corrected chi connectivity index (χ3v) is 4.82. The van der Waals surface area contributed by atoms with Gasteiger partial charge in [0.2, 0.25) is 5.91 Å². The van der Waals surface area contributed by atoms with Crippen molar-refractivity contribution in [3.63, 3.8) is 0 Å². The summed E-state index contributed by atoms with van der Waals surface area (Å²) in [5.41, 5.74) is 5.36. The molecule has 10 heteroatoms. The lowest BCUT2D eigenvalue weighted by Crippen LogP contribution is -2.33. The maximum absolute atomic E-state index is 11.9. The van der Waals surface area contributed by atoms with Gasteiger partial charge in [-0.05, 0) is 13.3 Å². The van der Waals surface area contributed by atoms with Gasteiger partial charge in [0.05, 0.1) is 5.92 Å². The number of nitrogens with two attached hydrogens (primary N) is 1. The van der Waals surface area contributed by atoms with Crippen molar-refractivity contribution in [1.82, 2.24) is 9.88 Å². The molecule has 1 aromatic rings. The first kappa shape index (κ1) is 13.4. The number of nitrogens with zero attached hydrogens (tertiary/aromatic N) is 1. The molecule has 0 aliphatic heterocycles.